The van der Waals surface area contributed by atoms with Gasteiger partial charge in [-0.1, -0.05) is 34.4 Å². The number of hydrogen-bond acceptors (Lipinski definition) is 6. The standard InChI is InChI=1S/C2H8NO3PS4/c3-9-1-2(10-11-8)7(4,5)6/h2,8H,1,3H2,(H2,4,5,6). The van der Waals surface area contributed by atoms with Gasteiger partial charge in [0.2, 0.25) is 0 Å². The molecule has 1 unspecified atom stereocenters. The zero-order valence-electron chi connectivity index (χ0n) is 5.28. The van der Waals surface area contributed by atoms with Gasteiger partial charge in [0.05, 0.1) is 0 Å². The van der Waals surface area contributed by atoms with Crippen LogP contribution >= 0.6 is 51.8 Å². The van der Waals surface area contributed by atoms with E-state index in [9.17, 15) is 4.57 Å². The van der Waals surface area contributed by atoms with Gasteiger partial charge in [0.15, 0.2) is 0 Å². The van der Waals surface area contributed by atoms with Crippen LogP contribution in [0.15, 0.2) is 0 Å². The molecule has 0 aliphatic rings. The summed E-state index contributed by atoms with van der Waals surface area (Å²) in [6.07, 6.45) is 0. The van der Waals surface area contributed by atoms with Gasteiger partial charge in [-0.3, -0.25) is 9.70 Å². The van der Waals surface area contributed by atoms with Crippen molar-refractivity contribution >= 4 is 51.8 Å². The fourth-order valence-corrected chi connectivity index (χ4v) is 6.26. The highest BCUT2D eigenvalue weighted by Gasteiger charge is 2.28. The highest BCUT2D eigenvalue weighted by molar-refractivity contribution is 9.05. The van der Waals surface area contributed by atoms with Gasteiger partial charge < -0.3 is 9.79 Å². The third kappa shape index (κ3) is 5.70. The van der Waals surface area contributed by atoms with Crippen LogP contribution in [-0.4, -0.2) is 20.5 Å². The van der Waals surface area contributed by atoms with Gasteiger partial charge in [0.25, 0.3) is 0 Å². The maximum absolute atomic E-state index is 10.7. The van der Waals surface area contributed by atoms with E-state index in [4.69, 9.17) is 14.9 Å². The Bertz CT molecular complexity index is 144. The Morgan fingerprint density at radius 1 is 1.64 bits per heavy atom. The van der Waals surface area contributed by atoms with E-state index in [1.807, 2.05) is 0 Å². The molecular formula is C2H8NO3PS4. The van der Waals surface area contributed by atoms with Crippen molar-refractivity contribution in [2.75, 3.05) is 5.75 Å². The predicted octanol–water partition coefficient (Wildman–Crippen LogP) is 1.32. The second kappa shape index (κ2) is 6.04. The molecular weight excluding hydrogens is 245 g/mol. The molecule has 0 heterocycles. The van der Waals surface area contributed by atoms with Crippen molar-refractivity contribution < 1.29 is 14.4 Å². The Balaban J connectivity index is 3.99. The Morgan fingerprint density at radius 3 is 2.45 bits per heavy atom. The van der Waals surface area contributed by atoms with Gasteiger partial charge in [0.1, 0.15) is 4.99 Å². The van der Waals surface area contributed by atoms with Crippen molar-refractivity contribution in [1.82, 2.24) is 0 Å². The van der Waals surface area contributed by atoms with Crippen LogP contribution in [0.4, 0.5) is 0 Å². The van der Waals surface area contributed by atoms with E-state index in [0.29, 0.717) is 0 Å². The monoisotopic (exact) mass is 253 g/mol. The third-order valence-corrected chi connectivity index (χ3v) is 6.46. The van der Waals surface area contributed by atoms with Crippen molar-refractivity contribution in [3.8, 4) is 0 Å². The molecule has 0 aromatic carbocycles. The molecule has 0 saturated carbocycles. The topological polar surface area (TPSA) is 83.6 Å². The molecule has 0 rings (SSSR count). The van der Waals surface area contributed by atoms with Crippen molar-refractivity contribution in [2.24, 2.45) is 5.14 Å². The molecule has 11 heavy (non-hydrogen) atoms. The SMILES string of the molecule is NSCC(SSS)P(=O)(O)O. The summed E-state index contributed by atoms with van der Waals surface area (Å²) in [4.78, 5) is 16.7. The third-order valence-electron chi connectivity index (χ3n) is 0.768. The predicted molar refractivity (Wildman–Crippen MR) is 56.6 cm³/mol. The Kier molecular flexibility index (Phi) is 6.87. The van der Waals surface area contributed by atoms with Crippen LogP contribution in [0.1, 0.15) is 0 Å². The molecule has 68 valence electrons. The minimum atomic E-state index is -4.02. The Hall–Kier alpha value is 1.51. The summed E-state index contributed by atoms with van der Waals surface area (Å²) >= 11 is 4.69. The van der Waals surface area contributed by atoms with Crippen LogP contribution in [0.2, 0.25) is 0 Å². The normalized spacial score (nSPS) is 14.9. The van der Waals surface area contributed by atoms with Gasteiger partial charge in [-0.2, -0.15) is 0 Å². The van der Waals surface area contributed by atoms with E-state index >= 15 is 0 Å². The second-order valence-corrected chi connectivity index (χ2v) is 7.64. The Labute approximate surface area is 82.0 Å². The van der Waals surface area contributed by atoms with E-state index in [1.54, 1.807) is 0 Å². The molecule has 0 aromatic rings. The van der Waals surface area contributed by atoms with Crippen LogP contribution in [0.25, 0.3) is 0 Å². The van der Waals surface area contributed by atoms with E-state index in [0.717, 1.165) is 32.6 Å². The fourth-order valence-electron chi connectivity index (χ4n) is 0.313. The minimum absolute atomic E-state index is 0.225. The van der Waals surface area contributed by atoms with Gasteiger partial charge >= 0.3 is 7.60 Å². The molecule has 4 N–H and O–H groups in total. The van der Waals surface area contributed by atoms with Crippen molar-refractivity contribution in [3.05, 3.63) is 0 Å². The summed E-state index contributed by atoms with van der Waals surface area (Å²) in [5.74, 6) is 0.225. The fraction of sp³-hybridized carbons (Fsp3) is 1.00. The molecule has 9 heteroatoms. The number of thiol groups is 1. The average molecular weight is 253 g/mol. The quantitative estimate of drug-likeness (QED) is 0.254. The first-order valence-electron chi connectivity index (χ1n) is 2.36. The zero-order chi connectivity index (χ0) is 8.91. The maximum Gasteiger partial charge on any atom is 0.340 e. The lowest BCUT2D eigenvalue weighted by Crippen LogP contribution is -2.06. The molecule has 4 nitrogen and oxygen atoms in total. The summed E-state index contributed by atoms with van der Waals surface area (Å²) in [7, 11) is -1.97. The summed E-state index contributed by atoms with van der Waals surface area (Å²) < 4.78 is 10.7. The van der Waals surface area contributed by atoms with Crippen molar-refractivity contribution in [2.45, 2.75) is 4.99 Å². The summed E-state index contributed by atoms with van der Waals surface area (Å²) in [5, 5.41) is 5.08. The van der Waals surface area contributed by atoms with Gasteiger partial charge in [0, 0.05) is 5.75 Å². The zero-order valence-corrected chi connectivity index (χ0v) is 9.52. The molecule has 0 spiro atoms. The van der Waals surface area contributed by atoms with Crippen LogP contribution in [0.3, 0.4) is 0 Å². The molecule has 1 atom stereocenters. The molecule has 0 amide bonds. The van der Waals surface area contributed by atoms with E-state index in [1.165, 1.54) is 0 Å². The Morgan fingerprint density at radius 2 is 2.18 bits per heavy atom. The van der Waals surface area contributed by atoms with Crippen molar-refractivity contribution in [1.29, 1.82) is 0 Å². The van der Waals surface area contributed by atoms with Crippen LogP contribution in [0, 0.1) is 0 Å². The molecule has 0 aliphatic carbocycles. The first kappa shape index (κ1) is 12.5. The lowest BCUT2D eigenvalue weighted by Gasteiger charge is -2.13. The second-order valence-electron chi connectivity index (χ2n) is 1.55. The lowest BCUT2D eigenvalue weighted by molar-refractivity contribution is 0.372. The molecule has 0 fully saturated rings. The molecule has 0 saturated heterocycles. The van der Waals surface area contributed by atoms with E-state index in [-0.39, 0.29) is 5.75 Å². The smallest absolute Gasteiger partial charge is 0.324 e. The summed E-state index contributed by atoms with van der Waals surface area (Å²) in [5.41, 5.74) is 0. The van der Waals surface area contributed by atoms with Gasteiger partial charge in [-0.05, 0) is 9.83 Å². The largest absolute Gasteiger partial charge is 0.340 e. The average Bonchev–Trinajstić information content (AvgIpc) is 1.85. The van der Waals surface area contributed by atoms with Crippen LogP contribution in [-0.2, 0) is 4.57 Å². The van der Waals surface area contributed by atoms with Crippen LogP contribution < -0.4 is 5.14 Å². The maximum atomic E-state index is 10.7. The number of hydrogen-bond donors (Lipinski definition) is 4. The highest BCUT2D eigenvalue weighted by atomic mass is 33.5. The number of nitrogens with two attached hydrogens (primary N) is 1. The van der Waals surface area contributed by atoms with Crippen LogP contribution in [0.5, 0.6) is 0 Å². The molecule has 0 aliphatic heterocycles. The van der Waals surface area contributed by atoms with Gasteiger partial charge in [-0.25, -0.2) is 0 Å². The summed E-state index contributed by atoms with van der Waals surface area (Å²) in [6, 6.07) is 0. The van der Waals surface area contributed by atoms with E-state index < -0.39 is 12.6 Å². The molecule has 0 radical (unpaired) electrons. The molecule has 0 aromatic heterocycles. The molecule has 0 bridgehead atoms. The first-order chi connectivity index (χ1) is 5.02. The summed E-state index contributed by atoms with van der Waals surface area (Å²) in [6.45, 7) is 0. The lowest BCUT2D eigenvalue weighted by atomic mass is 10.9. The van der Waals surface area contributed by atoms with Crippen molar-refractivity contribution in [3.63, 3.8) is 0 Å². The first-order valence-corrected chi connectivity index (χ1v) is 8.35. The highest BCUT2D eigenvalue weighted by Crippen LogP contribution is 2.52. The van der Waals surface area contributed by atoms with E-state index in [2.05, 4.69) is 11.7 Å². The number of rotatable bonds is 5. The minimum Gasteiger partial charge on any atom is -0.324 e. The van der Waals surface area contributed by atoms with Gasteiger partial charge in [-0.15, -0.1) is 0 Å².